The van der Waals surface area contributed by atoms with Crippen LogP contribution < -0.4 is 5.32 Å². The van der Waals surface area contributed by atoms with Gasteiger partial charge in [-0.1, -0.05) is 13.8 Å². The van der Waals surface area contributed by atoms with E-state index in [1.165, 1.54) is 0 Å². The Morgan fingerprint density at radius 3 is 2.88 bits per heavy atom. The fourth-order valence-corrected chi connectivity index (χ4v) is 1.78. The zero-order valence-corrected chi connectivity index (χ0v) is 10.4. The number of amides is 1. The molecule has 0 aromatic heterocycles. The van der Waals surface area contributed by atoms with Crippen LogP contribution in [0, 0.1) is 11.3 Å². The molecule has 0 saturated carbocycles. The molecule has 0 atom stereocenters. The van der Waals surface area contributed by atoms with Gasteiger partial charge in [0.1, 0.15) is 0 Å². The van der Waals surface area contributed by atoms with E-state index in [1.807, 2.05) is 4.90 Å². The van der Waals surface area contributed by atoms with Gasteiger partial charge in [0.25, 0.3) is 0 Å². The fourth-order valence-electron chi connectivity index (χ4n) is 1.78. The maximum atomic E-state index is 11.5. The summed E-state index contributed by atoms with van der Waals surface area (Å²) in [6.07, 6.45) is 3.65. The average molecular weight is 225 g/mol. The molecule has 0 radical (unpaired) electrons. The molecule has 1 amide bonds. The lowest BCUT2D eigenvalue weighted by molar-refractivity contribution is -0.121. The van der Waals surface area contributed by atoms with Crippen LogP contribution in [-0.2, 0) is 4.79 Å². The van der Waals surface area contributed by atoms with Crippen molar-refractivity contribution in [3.8, 4) is 0 Å². The van der Waals surface area contributed by atoms with Gasteiger partial charge >= 0.3 is 0 Å². The smallest absolute Gasteiger partial charge is 0.221 e. The van der Waals surface area contributed by atoms with Gasteiger partial charge in [0.15, 0.2) is 0 Å². The summed E-state index contributed by atoms with van der Waals surface area (Å²) in [5.74, 6) is 1.30. The van der Waals surface area contributed by atoms with Gasteiger partial charge in [-0.25, -0.2) is 0 Å². The maximum Gasteiger partial charge on any atom is 0.221 e. The van der Waals surface area contributed by atoms with Gasteiger partial charge in [-0.2, -0.15) is 0 Å². The molecule has 1 aliphatic heterocycles. The molecular formula is C12H23N3O. The van der Waals surface area contributed by atoms with E-state index in [1.54, 1.807) is 0 Å². The maximum absolute atomic E-state index is 11.5. The van der Waals surface area contributed by atoms with Crippen molar-refractivity contribution in [1.29, 1.82) is 5.41 Å². The van der Waals surface area contributed by atoms with Crippen molar-refractivity contribution in [1.82, 2.24) is 10.2 Å². The number of rotatable bonds is 5. The number of piperidine rings is 1. The highest BCUT2D eigenvalue weighted by Gasteiger charge is 2.15. The van der Waals surface area contributed by atoms with Crippen molar-refractivity contribution in [2.45, 2.75) is 39.5 Å². The van der Waals surface area contributed by atoms with Crippen LogP contribution in [0.15, 0.2) is 0 Å². The first-order valence-corrected chi connectivity index (χ1v) is 6.18. The van der Waals surface area contributed by atoms with Crippen LogP contribution in [0.4, 0.5) is 0 Å². The quantitative estimate of drug-likeness (QED) is 0.747. The molecule has 1 fully saturated rings. The normalized spacial score (nSPS) is 16.7. The van der Waals surface area contributed by atoms with Crippen molar-refractivity contribution in [3.05, 3.63) is 0 Å². The Kier molecular flexibility index (Phi) is 5.29. The Morgan fingerprint density at radius 1 is 1.50 bits per heavy atom. The van der Waals surface area contributed by atoms with Gasteiger partial charge in [-0.3, -0.25) is 10.2 Å². The van der Waals surface area contributed by atoms with Crippen LogP contribution in [0.3, 0.4) is 0 Å². The van der Waals surface area contributed by atoms with Crippen molar-refractivity contribution < 1.29 is 4.79 Å². The van der Waals surface area contributed by atoms with Gasteiger partial charge in [-0.05, 0) is 18.8 Å². The molecule has 0 spiro atoms. The molecule has 1 aliphatic rings. The number of carbonyl (C=O) groups excluding carboxylic acids is 1. The number of nitrogens with zero attached hydrogens (tertiary/aromatic N) is 1. The van der Waals surface area contributed by atoms with E-state index in [0.717, 1.165) is 32.4 Å². The van der Waals surface area contributed by atoms with Crippen molar-refractivity contribution in [2.75, 3.05) is 19.6 Å². The number of carbonyl (C=O) groups is 1. The molecule has 0 aromatic carbocycles. The SMILES string of the molecule is CC(C)CNC(=O)CCN1CCCCC1=N. The number of amidine groups is 1. The first kappa shape index (κ1) is 13.0. The first-order valence-electron chi connectivity index (χ1n) is 6.18. The summed E-state index contributed by atoms with van der Waals surface area (Å²) in [5, 5.41) is 10.7. The summed E-state index contributed by atoms with van der Waals surface area (Å²) in [4.78, 5) is 13.5. The van der Waals surface area contributed by atoms with Crippen LogP contribution in [0.5, 0.6) is 0 Å². The summed E-state index contributed by atoms with van der Waals surface area (Å²) in [6, 6.07) is 0. The first-order chi connectivity index (χ1) is 7.59. The molecule has 1 saturated heterocycles. The van der Waals surface area contributed by atoms with E-state index >= 15 is 0 Å². The highest BCUT2D eigenvalue weighted by Crippen LogP contribution is 2.10. The predicted octanol–water partition coefficient (Wildman–Crippen LogP) is 1.61. The van der Waals surface area contributed by atoms with Crippen molar-refractivity contribution >= 4 is 11.7 Å². The molecule has 4 nitrogen and oxygen atoms in total. The van der Waals surface area contributed by atoms with Gasteiger partial charge < -0.3 is 10.2 Å². The Morgan fingerprint density at radius 2 is 2.25 bits per heavy atom. The third kappa shape index (κ3) is 4.64. The Balaban J connectivity index is 2.17. The summed E-state index contributed by atoms with van der Waals surface area (Å²) in [7, 11) is 0. The second kappa shape index (κ2) is 6.51. The highest BCUT2D eigenvalue weighted by atomic mass is 16.1. The molecule has 0 unspecified atom stereocenters. The van der Waals surface area contributed by atoms with Crippen LogP contribution in [0.25, 0.3) is 0 Å². The van der Waals surface area contributed by atoms with Gasteiger partial charge in [-0.15, -0.1) is 0 Å². The fraction of sp³-hybridized carbons (Fsp3) is 0.833. The minimum absolute atomic E-state index is 0.104. The average Bonchev–Trinajstić information content (AvgIpc) is 2.25. The van der Waals surface area contributed by atoms with Gasteiger partial charge in [0, 0.05) is 32.5 Å². The summed E-state index contributed by atoms with van der Waals surface area (Å²) in [6.45, 7) is 6.55. The molecule has 0 aromatic rings. The topological polar surface area (TPSA) is 56.2 Å². The van der Waals surface area contributed by atoms with E-state index in [9.17, 15) is 4.79 Å². The highest BCUT2D eigenvalue weighted by molar-refractivity contribution is 5.81. The van der Waals surface area contributed by atoms with E-state index in [0.29, 0.717) is 24.7 Å². The third-order valence-corrected chi connectivity index (χ3v) is 2.79. The Labute approximate surface area is 97.9 Å². The van der Waals surface area contributed by atoms with E-state index in [-0.39, 0.29) is 5.91 Å². The van der Waals surface area contributed by atoms with Crippen LogP contribution in [-0.4, -0.2) is 36.3 Å². The van der Waals surface area contributed by atoms with E-state index in [4.69, 9.17) is 5.41 Å². The van der Waals surface area contributed by atoms with Crippen molar-refractivity contribution in [2.24, 2.45) is 5.92 Å². The van der Waals surface area contributed by atoms with Crippen LogP contribution in [0.2, 0.25) is 0 Å². The van der Waals surface area contributed by atoms with Crippen molar-refractivity contribution in [3.63, 3.8) is 0 Å². The number of hydrogen-bond donors (Lipinski definition) is 2. The lowest BCUT2D eigenvalue weighted by Gasteiger charge is -2.29. The van der Waals surface area contributed by atoms with Gasteiger partial charge in [0.05, 0.1) is 5.84 Å². The zero-order chi connectivity index (χ0) is 12.0. The second-order valence-corrected chi connectivity index (χ2v) is 4.84. The lowest BCUT2D eigenvalue weighted by atomic mass is 10.1. The number of nitrogens with one attached hydrogen (secondary N) is 2. The minimum atomic E-state index is 0.104. The molecule has 2 N–H and O–H groups in total. The van der Waals surface area contributed by atoms with E-state index < -0.39 is 0 Å². The molecule has 1 rings (SSSR count). The molecule has 16 heavy (non-hydrogen) atoms. The Bertz CT molecular complexity index is 251. The largest absolute Gasteiger partial charge is 0.360 e. The predicted molar refractivity (Wildman–Crippen MR) is 65.6 cm³/mol. The van der Waals surface area contributed by atoms with Crippen LogP contribution in [0.1, 0.15) is 39.5 Å². The van der Waals surface area contributed by atoms with Gasteiger partial charge in [0.2, 0.25) is 5.91 Å². The Hall–Kier alpha value is -1.06. The number of likely N-dealkylation sites (tertiary alicyclic amines) is 1. The molecular weight excluding hydrogens is 202 g/mol. The molecule has 4 heteroatoms. The molecule has 0 bridgehead atoms. The van der Waals surface area contributed by atoms with E-state index in [2.05, 4.69) is 19.2 Å². The zero-order valence-electron chi connectivity index (χ0n) is 10.4. The molecule has 1 heterocycles. The lowest BCUT2D eigenvalue weighted by Crippen LogP contribution is -2.38. The standard InChI is InChI=1S/C12H23N3O/c1-10(2)9-14-12(16)6-8-15-7-4-3-5-11(15)13/h10,13H,3-9H2,1-2H3,(H,14,16). The monoisotopic (exact) mass is 225 g/mol. The molecule has 92 valence electrons. The minimum Gasteiger partial charge on any atom is -0.360 e. The summed E-state index contributed by atoms with van der Waals surface area (Å²) < 4.78 is 0. The molecule has 0 aliphatic carbocycles. The summed E-state index contributed by atoms with van der Waals surface area (Å²) in [5.41, 5.74) is 0. The third-order valence-electron chi connectivity index (χ3n) is 2.79. The van der Waals surface area contributed by atoms with Crippen LogP contribution >= 0.6 is 0 Å². The summed E-state index contributed by atoms with van der Waals surface area (Å²) >= 11 is 0. The number of hydrogen-bond acceptors (Lipinski definition) is 2. The second-order valence-electron chi connectivity index (χ2n) is 4.84.